The minimum Gasteiger partial charge on any atom is -0.387 e. The van der Waals surface area contributed by atoms with Crippen LogP contribution in [0, 0.1) is 23.0 Å². The zero-order valence-corrected chi connectivity index (χ0v) is 12.5. The third kappa shape index (κ3) is 5.09. The summed E-state index contributed by atoms with van der Waals surface area (Å²) in [5.41, 5.74) is 1.11. The highest BCUT2D eigenvalue weighted by molar-refractivity contribution is 5.20. The quantitative estimate of drug-likeness (QED) is 0.853. The van der Waals surface area contributed by atoms with Crippen molar-refractivity contribution in [3.63, 3.8) is 0 Å². The second kappa shape index (κ2) is 8.32. The van der Waals surface area contributed by atoms with Crippen LogP contribution in [0.15, 0.2) is 42.6 Å². The highest BCUT2D eigenvalue weighted by Crippen LogP contribution is 2.18. The summed E-state index contributed by atoms with van der Waals surface area (Å²) in [6.07, 6.45) is 0.994. The summed E-state index contributed by atoms with van der Waals surface area (Å²) in [7, 11) is 0. The molecule has 0 bridgehead atoms. The van der Waals surface area contributed by atoms with Gasteiger partial charge >= 0.3 is 0 Å². The molecule has 1 atom stereocenters. The number of halogens is 2. The topological polar surface area (TPSA) is 60.2 Å². The summed E-state index contributed by atoms with van der Waals surface area (Å²) in [5.74, 6) is -1.94. The Morgan fingerprint density at radius 1 is 1.22 bits per heavy atom. The van der Waals surface area contributed by atoms with Crippen molar-refractivity contribution in [1.82, 2.24) is 9.88 Å². The molecule has 0 aliphatic rings. The van der Waals surface area contributed by atoms with Gasteiger partial charge in [0.05, 0.1) is 17.9 Å². The summed E-state index contributed by atoms with van der Waals surface area (Å²) in [4.78, 5) is 6.08. The lowest BCUT2D eigenvalue weighted by molar-refractivity contribution is 0.109. The maximum Gasteiger partial charge on any atom is 0.159 e. The number of benzene rings is 1. The summed E-state index contributed by atoms with van der Waals surface area (Å²) >= 11 is 0. The molecule has 1 N–H and O–H groups in total. The number of hydrogen-bond donors (Lipinski definition) is 1. The zero-order chi connectivity index (χ0) is 16.7. The predicted molar refractivity (Wildman–Crippen MR) is 81.1 cm³/mol. The molecule has 0 saturated carbocycles. The molecule has 120 valence electrons. The van der Waals surface area contributed by atoms with Gasteiger partial charge in [-0.3, -0.25) is 9.88 Å². The molecule has 0 aliphatic carbocycles. The van der Waals surface area contributed by atoms with Crippen molar-refractivity contribution in [2.45, 2.75) is 19.1 Å². The van der Waals surface area contributed by atoms with E-state index in [2.05, 4.69) is 11.1 Å². The van der Waals surface area contributed by atoms with Crippen LogP contribution in [-0.4, -0.2) is 28.1 Å². The smallest absolute Gasteiger partial charge is 0.159 e. The number of pyridine rings is 1. The summed E-state index contributed by atoms with van der Waals surface area (Å²) < 4.78 is 26.2. The van der Waals surface area contributed by atoms with Crippen LogP contribution in [0.4, 0.5) is 8.78 Å². The Morgan fingerprint density at radius 3 is 2.70 bits per heavy atom. The van der Waals surface area contributed by atoms with E-state index in [1.165, 1.54) is 6.07 Å². The number of nitriles is 1. The number of nitrogens with zero attached hydrogens (tertiary/aromatic N) is 3. The number of hydrogen-bond acceptors (Lipinski definition) is 4. The van der Waals surface area contributed by atoms with Crippen molar-refractivity contribution < 1.29 is 13.9 Å². The average molecular weight is 317 g/mol. The molecule has 1 aromatic heterocycles. The molecule has 1 heterocycles. The predicted octanol–water partition coefficient (Wildman–Crippen LogP) is 2.81. The first-order valence-corrected chi connectivity index (χ1v) is 7.22. The lowest BCUT2D eigenvalue weighted by atomic mass is 10.1. The largest absolute Gasteiger partial charge is 0.387 e. The fourth-order valence-corrected chi connectivity index (χ4v) is 2.23. The summed E-state index contributed by atoms with van der Waals surface area (Å²) in [6.45, 7) is 1.11. The average Bonchev–Trinajstić information content (AvgIpc) is 2.56. The van der Waals surface area contributed by atoms with Crippen molar-refractivity contribution in [1.29, 1.82) is 5.26 Å². The highest BCUT2D eigenvalue weighted by atomic mass is 19.2. The number of aromatic nitrogens is 1. The van der Waals surface area contributed by atoms with Gasteiger partial charge in [0, 0.05) is 32.3 Å². The van der Waals surface area contributed by atoms with Gasteiger partial charge in [-0.2, -0.15) is 5.26 Å². The molecule has 0 radical (unpaired) electrons. The zero-order valence-electron chi connectivity index (χ0n) is 12.5. The van der Waals surface area contributed by atoms with Crippen LogP contribution in [0.3, 0.4) is 0 Å². The Labute approximate surface area is 133 Å². The fourth-order valence-electron chi connectivity index (χ4n) is 2.23. The minimum atomic E-state index is -0.991. The molecular formula is C17H17F2N3O. The van der Waals surface area contributed by atoms with Gasteiger partial charge in [-0.05, 0) is 29.8 Å². The first kappa shape index (κ1) is 17.0. The second-order valence-corrected chi connectivity index (χ2v) is 5.15. The van der Waals surface area contributed by atoms with Crippen molar-refractivity contribution in [3.05, 3.63) is 65.5 Å². The monoisotopic (exact) mass is 317 g/mol. The van der Waals surface area contributed by atoms with Crippen LogP contribution in [-0.2, 0) is 6.54 Å². The van der Waals surface area contributed by atoms with Gasteiger partial charge < -0.3 is 5.11 Å². The number of rotatable bonds is 7. The van der Waals surface area contributed by atoms with Crippen LogP contribution in [0.1, 0.15) is 23.8 Å². The molecule has 6 heteroatoms. The minimum absolute atomic E-state index is 0.198. The van der Waals surface area contributed by atoms with Gasteiger partial charge in [0.15, 0.2) is 11.6 Å². The normalized spacial score (nSPS) is 12.1. The third-order valence-corrected chi connectivity index (χ3v) is 3.41. The van der Waals surface area contributed by atoms with E-state index < -0.39 is 17.7 Å². The Morgan fingerprint density at radius 2 is 2.04 bits per heavy atom. The van der Waals surface area contributed by atoms with E-state index >= 15 is 0 Å². The maximum atomic E-state index is 13.3. The molecule has 0 spiro atoms. The first-order valence-electron chi connectivity index (χ1n) is 7.22. The van der Waals surface area contributed by atoms with E-state index in [0.717, 1.165) is 17.8 Å². The van der Waals surface area contributed by atoms with Gasteiger partial charge in [-0.1, -0.05) is 12.1 Å². The number of aliphatic hydroxyl groups is 1. The van der Waals surface area contributed by atoms with Crippen LogP contribution in [0.25, 0.3) is 0 Å². The molecule has 2 rings (SSSR count). The van der Waals surface area contributed by atoms with Crippen molar-refractivity contribution in [2.75, 3.05) is 13.1 Å². The van der Waals surface area contributed by atoms with Crippen molar-refractivity contribution >= 4 is 0 Å². The first-order chi connectivity index (χ1) is 11.1. The standard InChI is InChI=1S/C17H17F2N3O/c18-15-6-5-13(10-16(15)19)17(23)12-22(9-3-7-20)11-14-4-1-2-8-21-14/h1-2,4-6,8,10,17,23H,3,9,11-12H2. The maximum absolute atomic E-state index is 13.3. The van der Waals surface area contributed by atoms with Gasteiger partial charge in [0.25, 0.3) is 0 Å². The van der Waals surface area contributed by atoms with E-state index in [9.17, 15) is 13.9 Å². The lowest BCUT2D eigenvalue weighted by Gasteiger charge is -2.24. The SMILES string of the molecule is N#CCCN(Cc1ccccn1)CC(O)c1ccc(F)c(F)c1. The third-order valence-electron chi connectivity index (χ3n) is 3.41. The van der Waals surface area contributed by atoms with E-state index in [0.29, 0.717) is 25.1 Å². The van der Waals surface area contributed by atoms with Crippen LogP contribution in [0.2, 0.25) is 0 Å². The Kier molecular flexibility index (Phi) is 6.15. The van der Waals surface area contributed by atoms with Crippen LogP contribution < -0.4 is 0 Å². The molecule has 1 aromatic carbocycles. The number of aliphatic hydroxyl groups excluding tert-OH is 1. The van der Waals surface area contributed by atoms with E-state index in [4.69, 9.17) is 5.26 Å². The molecule has 4 nitrogen and oxygen atoms in total. The van der Waals surface area contributed by atoms with Crippen LogP contribution >= 0.6 is 0 Å². The Hall–Kier alpha value is -2.36. The van der Waals surface area contributed by atoms with E-state index in [1.807, 2.05) is 17.0 Å². The highest BCUT2D eigenvalue weighted by Gasteiger charge is 2.16. The molecule has 0 amide bonds. The van der Waals surface area contributed by atoms with Gasteiger partial charge in [0.1, 0.15) is 0 Å². The molecule has 0 fully saturated rings. The molecule has 23 heavy (non-hydrogen) atoms. The van der Waals surface area contributed by atoms with Gasteiger partial charge in [0.2, 0.25) is 0 Å². The molecule has 0 aliphatic heterocycles. The van der Waals surface area contributed by atoms with Gasteiger partial charge in [-0.25, -0.2) is 8.78 Å². The molecule has 1 unspecified atom stereocenters. The van der Waals surface area contributed by atoms with Crippen LogP contribution in [0.5, 0.6) is 0 Å². The van der Waals surface area contributed by atoms with Crippen molar-refractivity contribution in [2.24, 2.45) is 0 Å². The van der Waals surface area contributed by atoms with Gasteiger partial charge in [-0.15, -0.1) is 0 Å². The van der Waals surface area contributed by atoms with Crippen molar-refractivity contribution in [3.8, 4) is 6.07 Å². The second-order valence-electron chi connectivity index (χ2n) is 5.15. The molecule has 0 saturated heterocycles. The molecule has 2 aromatic rings. The Bertz CT molecular complexity index is 673. The Balaban J connectivity index is 2.06. The molecular weight excluding hydrogens is 300 g/mol. The van der Waals surface area contributed by atoms with E-state index in [1.54, 1.807) is 12.3 Å². The fraction of sp³-hybridized carbons (Fsp3) is 0.294. The summed E-state index contributed by atoms with van der Waals surface area (Å²) in [6, 6.07) is 10.9. The summed E-state index contributed by atoms with van der Waals surface area (Å²) in [5, 5.41) is 19.0. The van der Waals surface area contributed by atoms with E-state index in [-0.39, 0.29) is 6.54 Å². The lowest BCUT2D eigenvalue weighted by Crippen LogP contribution is -2.29.